The van der Waals surface area contributed by atoms with Gasteiger partial charge in [0, 0.05) is 30.2 Å². The van der Waals surface area contributed by atoms with Gasteiger partial charge >= 0.3 is 0 Å². The number of pyridine rings is 1. The van der Waals surface area contributed by atoms with E-state index in [0.29, 0.717) is 24.2 Å². The van der Waals surface area contributed by atoms with Crippen molar-refractivity contribution in [3.05, 3.63) is 70.2 Å². The van der Waals surface area contributed by atoms with Crippen molar-refractivity contribution in [2.45, 2.75) is 12.6 Å². The zero-order valence-electron chi connectivity index (χ0n) is 13.7. The number of likely N-dealkylation sites (N-methyl/N-ethyl adjacent to an activating group) is 1. The highest BCUT2D eigenvalue weighted by molar-refractivity contribution is 5.78. The summed E-state index contributed by atoms with van der Waals surface area (Å²) in [6, 6.07) is 9.86. The third-order valence-corrected chi connectivity index (χ3v) is 4.02. The number of nitrogens with one attached hydrogen (secondary N) is 2. The van der Waals surface area contributed by atoms with E-state index in [1.54, 1.807) is 12.3 Å². The molecule has 3 aromatic rings. The summed E-state index contributed by atoms with van der Waals surface area (Å²) in [5.41, 5.74) is 0.710. The van der Waals surface area contributed by atoms with Gasteiger partial charge in [-0.2, -0.15) is 0 Å². The second-order valence-electron chi connectivity index (χ2n) is 5.95. The number of hydrogen-bond acceptors (Lipinski definition) is 4. The summed E-state index contributed by atoms with van der Waals surface area (Å²) in [5, 5.41) is 3.65. The van der Waals surface area contributed by atoms with Crippen molar-refractivity contribution >= 4 is 10.9 Å². The highest BCUT2D eigenvalue weighted by Gasteiger charge is 2.16. The number of furan rings is 1. The average molecular weight is 329 g/mol. The number of nitrogens with zero attached hydrogens (tertiary/aromatic N) is 1. The molecule has 0 fully saturated rings. The predicted octanol–water partition coefficient (Wildman–Crippen LogP) is 2.65. The lowest BCUT2D eigenvalue weighted by molar-refractivity contribution is 0.250. The Morgan fingerprint density at radius 3 is 2.83 bits per heavy atom. The maximum atomic E-state index is 13.9. The highest BCUT2D eigenvalue weighted by atomic mass is 19.1. The second-order valence-corrected chi connectivity index (χ2v) is 5.95. The van der Waals surface area contributed by atoms with Crippen molar-refractivity contribution in [2.75, 3.05) is 20.6 Å². The summed E-state index contributed by atoms with van der Waals surface area (Å²) in [6.45, 7) is 1.07. The van der Waals surface area contributed by atoms with Crippen LogP contribution in [0.4, 0.5) is 4.39 Å². The molecule has 0 radical (unpaired) electrons. The van der Waals surface area contributed by atoms with Crippen molar-refractivity contribution in [2.24, 2.45) is 0 Å². The molecule has 1 aromatic carbocycles. The van der Waals surface area contributed by atoms with Gasteiger partial charge in [0.1, 0.15) is 11.6 Å². The molecule has 5 nitrogen and oxygen atoms in total. The van der Waals surface area contributed by atoms with E-state index in [9.17, 15) is 9.18 Å². The van der Waals surface area contributed by atoms with Gasteiger partial charge in [0.15, 0.2) is 5.43 Å². The molecular weight excluding hydrogens is 309 g/mol. The topological polar surface area (TPSA) is 61.3 Å². The minimum atomic E-state index is -0.423. The SMILES string of the molecule is CN(C)C(CNCc1cc(=O)c2cccc(F)c2[nH]1)c1ccco1. The summed E-state index contributed by atoms with van der Waals surface area (Å²) in [7, 11) is 3.95. The fourth-order valence-electron chi connectivity index (χ4n) is 2.75. The van der Waals surface area contributed by atoms with Gasteiger partial charge in [-0.15, -0.1) is 0 Å². The molecule has 0 saturated heterocycles. The number of fused-ring (bicyclic) bond motifs is 1. The average Bonchev–Trinajstić information content (AvgIpc) is 3.06. The lowest BCUT2D eigenvalue weighted by Gasteiger charge is -2.22. The van der Waals surface area contributed by atoms with Crippen molar-refractivity contribution in [3.8, 4) is 0 Å². The number of para-hydroxylation sites is 1. The molecule has 2 N–H and O–H groups in total. The van der Waals surface area contributed by atoms with Gasteiger partial charge in [-0.05, 0) is 38.4 Å². The number of rotatable bonds is 6. The van der Waals surface area contributed by atoms with Gasteiger partial charge in [0.2, 0.25) is 0 Å². The third-order valence-electron chi connectivity index (χ3n) is 4.02. The second kappa shape index (κ2) is 6.98. The minimum Gasteiger partial charge on any atom is -0.468 e. The number of hydrogen-bond donors (Lipinski definition) is 2. The van der Waals surface area contributed by atoms with Crippen molar-refractivity contribution in [1.29, 1.82) is 0 Å². The Hall–Kier alpha value is -2.44. The van der Waals surface area contributed by atoms with Gasteiger partial charge in [0.05, 0.1) is 17.8 Å². The van der Waals surface area contributed by atoms with Crippen LogP contribution in [0.25, 0.3) is 10.9 Å². The van der Waals surface area contributed by atoms with E-state index in [0.717, 1.165) is 5.76 Å². The van der Waals surface area contributed by atoms with E-state index >= 15 is 0 Å². The fraction of sp³-hybridized carbons (Fsp3) is 0.278. The molecule has 1 atom stereocenters. The Bertz CT molecular complexity index is 872. The number of halogens is 1. The van der Waals surface area contributed by atoms with Crippen LogP contribution in [0.2, 0.25) is 0 Å². The van der Waals surface area contributed by atoms with E-state index in [2.05, 4.69) is 15.2 Å². The van der Waals surface area contributed by atoms with Crippen LogP contribution in [-0.2, 0) is 6.54 Å². The van der Waals surface area contributed by atoms with Crippen LogP contribution in [0.5, 0.6) is 0 Å². The molecule has 0 spiro atoms. The van der Waals surface area contributed by atoms with Gasteiger partial charge in [-0.1, -0.05) is 6.07 Å². The Morgan fingerprint density at radius 1 is 1.29 bits per heavy atom. The summed E-state index contributed by atoms with van der Waals surface area (Å²) in [4.78, 5) is 17.2. The first-order valence-electron chi connectivity index (χ1n) is 7.77. The molecule has 0 bridgehead atoms. The molecule has 0 aliphatic carbocycles. The van der Waals surface area contributed by atoms with Crippen LogP contribution in [0.3, 0.4) is 0 Å². The zero-order valence-corrected chi connectivity index (χ0v) is 13.7. The summed E-state index contributed by atoms with van der Waals surface area (Å²) in [5.74, 6) is 0.443. The van der Waals surface area contributed by atoms with Gasteiger partial charge in [-0.3, -0.25) is 9.69 Å². The van der Waals surface area contributed by atoms with E-state index in [1.807, 2.05) is 26.2 Å². The first kappa shape index (κ1) is 16.4. The van der Waals surface area contributed by atoms with Crippen molar-refractivity contribution in [1.82, 2.24) is 15.2 Å². The van der Waals surface area contributed by atoms with Gasteiger partial charge in [-0.25, -0.2) is 4.39 Å². The Kier molecular flexibility index (Phi) is 4.78. The molecule has 3 rings (SSSR count). The summed E-state index contributed by atoms with van der Waals surface area (Å²) in [6.07, 6.45) is 1.65. The number of aromatic amines is 1. The first-order valence-corrected chi connectivity index (χ1v) is 7.77. The molecule has 0 saturated carbocycles. The monoisotopic (exact) mass is 329 g/mol. The Balaban J connectivity index is 1.74. The van der Waals surface area contributed by atoms with Gasteiger partial charge in [0.25, 0.3) is 0 Å². The van der Waals surface area contributed by atoms with E-state index < -0.39 is 5.82 Å². The van der Waals surface area contributed by atoms with Crippen molar-refractivity contribution in [3.63, 3.8) is 0 Å². The molecule has 0 amide bonds. The van der Waals surface area contributed by atoms with E-state index in [4.69, 9.17) is 4.42 Å². The largest absolute Gasteiger partial charge is 0.468 e. The first-order chi connectivity index (χ1) is 11.6. The smallest absolute Gasteiger partial charge is 0.189 e. The summed E-state index contributed by atoms with van der Waals surface area (Å²) >= 11 is 0. The lowest BCUT2D eigenvalue weighted by atomic mass is 10.1. The van der Waals surface area contributed by atoms with Gasteiger partial charge < -0.3 is 14.7 Å². The molecule has 24 heavy (non-hydrogen) atoms. The minimum absolute atomic E-state index is 0.0731. The van der Waals surface area contributed by atoms with Crippen molar-refractivity contribution < 1.29 is 8.81 Å². The Labute approximate surface area is 139 Å². The molecule has 2 aromatic heterocycles. The molecule has 126 valence electrons. The molecule has 2 heterocycles. The normalized spacial score (nSPS) is 12.8. The molecule has 0 aliphatic rings. The summed E-state index contributed by atoms with van der Waals surface area (Å²) < 4.78 is 19.3. The highest BCUT2D eigenvalue weighted by Crippen LogP contribution is 2.18. The number of H-pyrrole nitrogens is 1. The van der Waals surface area contributed by atoms with Crippen LogP contribution >= 0.6 is 0 Å². The molecular formula is C18H20FN3O2. The standard InChI is InChI=1S/C18H20FN3O2/c1-22(2)15(17-7-4-8-24-17)11-20-10-12-9-16(23)13-5-3-6-14(19)18(13)21-12/h3-9,15,20H,10-11H2,1-2H3,(H,21,23). The van der Waals surface area contributed by atoms with Crippen LogP contribution in [0.1, 0.15) is 17.5 Å². The zero-order chi connectivity index (χ0) is 17.1. The molecule has 0 aliphatic heterocycles. The van der Waals surface area contributed by atoms with Crippen LogP contribution in [0.15, 0.2) is 51.9 Å². The molecule has 1 unspecified atom stereocenters. The van der Waals surface area contributed by atoms with E-state index in [1.165, 1.54) is 18.2 Å². The lowest BCUT2D eigenvalue weighted by Crippen LogP contribution is -2.31. The number of benzene rings is 1. The van der Waals surface area contributed by atoms with E-state index in [-0.39, 0.29) is 17.0 Å². The third kappa shape index (κ3) is 3.39. The number of aromatic nitrogens is 1. The maximum Gasteiger partial charge on any atom is 0.189 e. The fourth-order valence-corrected chi connectivity index (χ4v) is 2.75. The molecule has 6 heteroatoms. The predicted molar refractivity (Wildman–Crippen MR) is 91.4 cm³/mol. The quantitative estimate of drug-likeness (QED) is 0.730. The Morgan fingerprint density at radius 2 is 2.12 bits per heavy atom. The maximum absolute atomic E-state index is 13.9. The van der Waals surface area contributed by atoms with Crippen LogP contribution in [-0.4, -0.2) is 30.5 Å². The van der Waals surface area contributed by atoms with Crippen LogP contribution in [0, 0.1) is 5.82 Å². The van der Waals surface area contributed by atoms with Crippen LogP contribution < -0.4 is 10.7 Å².